The van der Waals surface area contributed by atoms with Crippen molar-refractivity contribution in [2.24, 2.45) is 0 Å². The Balaban J connectivity index is 1.14. The van der Waals surface area contributed by atoms with Crippen molar-refractivity contribution in [3.05, 3.63) is 84.3 Å². The molecule has 3 N–H and O–H groups in total. The molecule has 1 unspecified atom stereocenters. The third kappa shape index (κ3) is 6.72. The Bertz CT molecular complexity index is 1800. The third-order valence-corrected chi connectivity index (χ3v) is 7.36. The van der Waals surface area contributed by atoms with Crippen LogP contribution in [-0.2, 0) is 9.53 Å². The molecule has 4 aromatic rings. The smallest absolute Gasteiger partial charge is 0.412 e. The standard InChI is InChI=1S/C34H34N6O5/c1-20-27-16-30(36-19-28(27)26-11-10-25(15-29(26)44-20)40-12-6-9-31(40)41)37-23-14-24(18-35-17-23)38-32(42)21-7-5-8-22(13-21)39-33(43)45-34(2,3)4/h5,7-8,10-11,13-20H,6,9,12H2,1-4H3,(H,36,37)(H,38,42)(H,39,43). The maximum absolute atomic E-state index is 13.0. The number of benzene rings is 2. The lowest BCUT2D eigenvalue weighted by atomic mass is 9.94. The van der Waals surface area contributed by atoms with E-state index in [-0.39, 0.29) is 17.9 Å². The number of nitrogens with one attached hydrogen (secondary N) is 3. The van der Waals surface area contributed by atoms with E-state index in [1.807, 2.05) is 37.4 Å². The largest absolute Gasteiger partial charge is 0.485 e. The Morgan fingerprint density at radius 1 is 0.956 bits per heavy atom. The van der Waals surface area contributed by atoms with E-state index in [0.29, 0.717) is 34.9 Å². The lowest BCUT2D eigenvalue weighted by molar-refractivity contribution is -0.117. The quantitative estimate of drug-likeness (QED) is 0.212. The third-order valence-electron chi connectivity index (χ3n) is 7.36. The number of aromatic nitrogens is 2. The maximum atomic E-state index is 13.0. The van der Waals surface area contributed by atoms with Crippen LogP contribution in [0.5, 0.6) is 5.75 Å². The maximum Gasteiger partial charge on any atom is 0.412 e. The van der Waals surface area contributed by atoms with Crippen LogP contribution in [0.15, 0.2) is 73.2 Å². The first kappa shape index (κ1) is 29.6. The van der Waals surface area contributed by atoms with Gasteiger partial charge in [-0.05, 0) is 76.6 Å². The minimum absolute atomic E-state index is 0.136. The predicted molar refractivity (Wildman–Crippen MR) is 172 cm³/mol. The second-order valence-electron chi connectivity index (χ2n) is 12.0. The highest BCUT2D eigenvalue weighted by atomic mass is 16.6. The zero-order valence-electron chi connectivity index (χ0n) is 25.5. The first-order chi connectivity index (χ1) is 21.5. The van der Waals surface area contributed by atoms with Crippen LogP contribution < -0.4 is 25.6 Å². The summed E-state index contributed by atoms with van der Waals surface area (Å²) in [7, 11) is 0. The van der Waals surface area contributed by atoms with E-state index in [9.17, 15) is 14.4 Å². The van der Waals surface area contributed by atoms with Crippen LogP contribution in [0.2, 0.25) is 0 Å². The molecule has 2 aromatic carbocycles. The lowest BCUT2D eigenvalue weighted by Crippen LogP contribution is -2.27. The number of nitrogens with zero attached hydrogens (tertiary/aromatic N) is 3. The number of hydrogen-bond donors (Lipinski definition) is 3. The molecule has 2 aromatic heterocycles. The van der Waals surface area contributed by atoms with E-state index in [0.717, 1.165) is 41.1 Å². The van der Waals surface area contributed by atoms with E-state index in [2.05, 4.69) is 25.9 Å². The van der Waals surface area contributed by atoms with E-state index in [1.165, 1.54) is 0 Å². The molecule has 0 aliphatic carbocycles. The molecule has 6 rings (SSSR count). The van der Waals surface area contributed by atoms with Crippen molar-refractivity contribution in [2.75, 3.05) is 27.4 Å². The average Bonchev–Trinajstić information content (AvgIpc) is 3.42. The van der Waals surface area contributed by atoms with Gasteiger partial charge in [0, 0.05) is 58.9 Å². The fraction of sp³-hybridized carbons (Fsp3) is 0.265. The highest BCUT2D eigenvalue weighted by molar-refractivity contribution is 6.05. The van der Waals surface area contributed by atoms with Crippen LogP contribution in [0, 0.1) is 0 Å². The van der Waals surface area contributed by atoms with Gasteiger partial charge in [0.1, 0.15) is 23.3 Å². The Hall–Kier alpha value is -5.45. The molecule has 0 saturated carbocycles. The van der Waals surface area contributed by atoms with Crippen molar-refractivity contribution >= 4 is 46.5 Å². The molecule has 45 heavy (non-hydrogen) atoms. The van der Waals surface area contributed by atoms with Gasteiger partial charge in [-0.2, -0.15) is 0 Å². The summed E-state index contributed by atoms with van der Waals surface area (Å²) in [6.45, 7) is 8.03. The number of fused-ring (bicyclic) bond motifs is 3. The molecule has 230 valence electrons. The molecule has 11 heteroatoms. The summed E-state index contributed by atoms with van der Waals surface area (Å²) < 4.78 is 11.6. The number of carbonyl (C=O) groups excluding carboxylic acids is 3. The summed E-state index contributed by atoms with van der Waals surface area (Å²) >= 11 is 0. The van der Waals surface area contributed by atoms with Crippen LogP contribution in [0.1, 0.15) is 62.6 Å². The summed E-state index contributed by atoms with van der Waals surface area (Å²) in [6.07, 6.45) is 5.60. The van der Waals surface area contributed by atoms with Crippen LogP contribution in [0.3, 0.4) is 0 Å². The Labute approximate surface area is 261 Å². The summed E-state index contributed by atoms with van der Waals surface area (Å²) in [5.41, 5.74) is 4.98. The number of amides is 3. The Morgan fingerprint density at radius 2 is 1.78 bits per heavy atom. The minimum atomic E-state index is -0.641. The van der Waals surface area contributed by atoms with E-state index in [4.69, 9.17) is 9.47 Å². The topological polar surface area (TPSA) is 135 Å². The van der Waals surface area contributed by atoms with Crippen LogP contribution in [0.4, 0.5) is 33.4 Å². The van der Waals surface area contributed by atoms with Crippen LogP contribution in [0.25, 0.3) is 11.1 Å². The van der Waals surface area contributed by atoms with Gasteiger partial charge in [0.2, 0.25) is 5.91 Å². The molecule has 1 fully saturated rings. The molecular weight excluding hydrogens is 572 g/mol. The van der Waals surface area contributed by atoms with E-state index >= 15 is 0 Å². The van der Waals surface area contributed by atoms with Crippen molar-refractivity contribution in [3.63, 3.8) is 0 Å². The monoisotopic (exact) mass is 606 g/mol. The molecule has 1 saturated heterocycles. The van der Waals surface area contributed by atoms with Crippen molar-refractivity contribution in [1.29, 1.82) is 0 Å². The van der Waals surface area contributed by atoms with Gasteiger partial charge in [-0.3, -0.25) is 19.9 Å². The fourth-order valence-electron chi connectivity index (χ4n) is 5.36. The first-order valence-electron chi connectivity index (χ1n) is 14.8. The molecule has 0 spiro atoms. The second-order valence-corrected chi connectivity index (χ2v) is 12.0. The SMILES string of the molecule is CC1Oc2cc(N3CCCC3=O)ccc2-c2cnc(Nc3cncc(NC(=O)c4cccc(NC(=O)OC(C)(C)C)c4)c3)cc21. The average molecular weight is 607 g/mol. The highest BCUT2D eigenvalue weighted by Gasteiger charge is 2.27. The summed E-state index contributed by atoms with van der Waals surface area (Å²) in [5.74, 6) is 1.10. The van der Waals surface area contributed by atoms with Gasteiger partial charge in [0.15, 0.2) is 0 Å². The molecule has 4 heterocycles. The first-order valence-corrected chi connectivity index (χ1v) is 14.8. The van der Waals surface area contributed by atoms with Crippen LogP contribution in [-0.4, -0.2) is 40.0 Å². The van der Waals surface area contributed by atoms with E-state index < -0.39 is 11.7 Å². The van der Waals surface area contributed by atoms with Crippen molar-refractivity contribution < 1.29 is 23.9 Å². The van der Waals surface area contributed by atoms with Gasteiger partial charge in [0.25, 0.3) is 5.91 Å². The summed E-state index contributed by atoms with van der Waals surface area (Å²) in [4.78, 5) is 48.1. The van der Waals surface area contributed by atoms with Gasteiger partial charge in [-0.1, -0.05) is 6.07 Å². The number of anilines is 5. The van der Waals surface area contributed by atoms with Crippen molar-refractivity contribution in [1.82, 2.24) is 9.97 Å². The second kappa shape index (κ2) is 11.9. The van der Waals surface area contributed by atoms with Crippen molar-refractivity contribution in [3.8, 4) is 16.9 Å². The lowest BCUT2D eigenvalue weighted by Gasteiger charge is -2.28. The van der Waals surface area contributed by atoms with Gasteiger partial charge in [0.05, 0.1) is 23.8 Å². The van der Waals surface area contributed by atoms with Gasteiger partial charge >= 0.3 is 6.09 Å². The number of rotatable bonds is 6. The molecule has 1 atom stereocenters. The summed E-state index contributed by atoms with van der Waals surface area (Å²) in [6, 6.07) is 16.1. The Kier molecular flexibility index (Phi) is 7.84. The molecule has 0 bridgehead atoms. The number of ether oxygens (including phenoxy) is 2. The molecule has 2 aliphatic heterocycles. The molecule has 0 radical (unpaired) electrons. The van der Waals surface area contributed by atoms with Gasteiger partial charge < -0.3 is 25.0 Å². The van der Waals surface area contributed by atoms with Crippen molar-refractivity contribution in [2.45, 2.75) is 52.2 Å². The Morgan fingerprint density at radius 3 is 2.56 bits per heavy atom. The zero-order valence-corrected chi connectivity index (χ0v) is 25.5. The van der Waals surface area contributed by atoms with Gasteiger partial charge in [-0.25, -0.2) is 9.78 Å². The summed E-state index contributed by atoms with van der Waals surface area (Å²) in [5, 5.41) is 8.76. The fourth-order valence-corrected chi connectivity index (χ4v) is 5.36. The normalized spacial score (nSPS) is 15.4. The molecule has 11 nitrogen and oxygen atoms in total. The zero-order chi connectivity index (χ0) is 31.7. The number of carbonyl (C=O) groups is 3. The predicted octanol–water partition coefficient (Wildman–Crippen LogP) is 7.07. The van der Waals surface area contributed by atoms with E-state index in [1.54, 1.807) is 68.4 Å². The highest BCUT2D eigenvalue weighted by Crippen LogP contribution is 2.44. The van der Waals surface area contributed by atoms with Crippen LogP contribution >= 0.6 is 0 Å². The van der Waals surface area contributed by atoms with Gasteiger partial charge in [-0.15, -0.1) is 0 Å². The number of pyridine rings is 2. The molecule has 2 aliphatic rings. The molecular formula is C34H34N6O5. The molecule has 3 amide bonds. The number of hydrogen-bond acceptors (Lipinski definition) is 8. The minimum Gasteiger partial charge on any atom is -0.485 e.